The molecule has 1 aliphatic carbocycles. The number of hydrogen-bond donors (Lipinski definition) is 2. The van der Waals surface area contributed by atoms with Gasteiger partial charge in [0.25, 0.3) is 0 Å². The molecule has 6 heteroatoms. The lowest BCUT2D eigenvalue weighted by molar-refractivity contribution is -0.147. The number of rotatable bonds is 5. The normalized spacial score (nSPS) is 24.6. The summed E-state index contributed by atoms with van der Waals surface area (Å²) < 4.78 is 0. The molecule has 6 nitrogen and oxygen atoms in total. The van der Waals surface area contributed by atoms with Gasteiger partial charge in [-0.2, -0.15) is 0 Å². The first-order chi connectivity index (χ1) is 12.3. The zero-order valence-electron chi connectivity index (χ0n) is 15.3. The van der Waals surface area contributed by atoms with E-state index in [4.69, 9.17) is 5.11 Å². The molecule has 2 N–H and O–H groups in total. The van der Waals surface area contributed by atoms with Crippen molar-refractivity contribution in [1.82, 2.24) is 10.2 Å². The minimum Gasteiger partial charge on any atom is -0.481 e. The van der Waals surface area contributed by atoms with E-state index < -0.39 is 12.0 Å². The van der Waals surface area contributed by atoms with Gasteiger partial charge in [-0.3, -0.25) is 14.4 Å². The Balaban J connectivity index is 1.72. The summed E-state index contributed by atoms with van der Waals surface area (Å²) in [5, 5.41) is 11.9. The summed E-state index contributed by atoms with van der Waals surface area (Å²) in [6, 6.07) is 7.27. The number of fused-ring (bicyclic) bond motifs is 1. The summed E-state index contributed by atoms with van der Waals surface area (Å²) in [6.07, 6.45) is 1.84. The van der Waals surface area contributed by atoms with Crippen molar-refractivity contribution in [2.45, 2.75) is 58.2 Å². The fraction of sp³-hybridized carbons (Fsp3) is 0.550. The molecule has 0 radical (unpaired) electrons. The second-order valence-corrected chi connectivity index (χ2v) is 7.82. The Labute approximate surface area is 153 Å². The van der Waals surface area contributed by atoms with Crippen molar-refractivity contribution in [2.24, 2.45) is 11.8 Å². The maximum Gasteiger partial charge on any atom is 0.306 e. The van der Waals surface area contributed by atoms with Crippen LogP contribution in [-0.4, -0.2) is 39.9 Å². The molecule has 0 spiro atoms. The van der Waals surface area contributed by atoms with Crippen LogP contribution in [0.2, 0.25) is 0 Å². The van der Waals surface area contributed by atoms with Crippen LogP contribution in [0.4, 0.5) is 0 Å². The molecule has 1 aromatic rings. The second-order valence-electron chi connectivity index (χ2n) is 7.82. The monoisotopic (exact) mass is 358 g/mol. The molecule has 140 valence electrons. The van der Waals surface area contributed by atoms with Gasteiger partial charge in [0.15, 0.2) is 0 Å². The van der Waals surface area contributed by atoms with E-state index in [9.17, 15) is 14.4 Å². The number of nitrogens with zero attached hydrogens (tertiary/aromatic N) is 1. The molecule has 0 bridgehead atoms. The molecule has 0 aromatic heterocycles. The third kappa shape index (κ3) is 3.89. The van der Waals surface area contributed by atoms with Crippen molar-refractivity contribution in [2.75, 3.05) is 0 Å². The number of nitrogens with one attached hydrogen (secondary N) is 1. The van der Waals surface area contributed by atoms with Gasteiger partial charge in [-0.25, -0.2) is 0 Å². The van der Waals surface area contributed by atoms with Gasteiger partial charge in [0.1, 0.15) is 6.04 Å². The van der Waals surface area contributed by atoms with E-state index in [1.54, 1.807) is 4.90 Å². The SMILES string of the molecule is CC(C)CC(=O)N1Cc2ccccc2CC1C(=O)NC1CC(C(=O)O)C1. The average Bonchev–Trinajstić information content (AvgIpc) is 2.55. The van der Waals surface area contributed by atoms with Gasteiger partial charge in [0.2, 0.25) is 11.8 Å². The van der Waals surface area contributed by atoms with Gasteiger partial charge in [-0.1, -0.05) is 38.1 Å². The van der Waals surface area contributed by atoms with Crippen molar-refractivity contribution in [3.05, 3.63) is 35.4 Å². The third-order valence-corrected chi connectivity index (χ3v) is 5.29. The van der Waals surface area contributed by atoms with Crippen LogP contribution in [0.15, 0.2) is 24.3 Å². The average molecular weight is 358 g/mol. The standard InChI is InChI=1S/C20H26N2O4/c1-12(2)7-18(23)22-11-14-6-4-3-5-13(14)10-17(22)19(24)21-16-8-15(9-16)20(25)26/h3-6,12,15-17H,7-11H2,1-2H3,(H,21,24)(H,25,26). The first kappa shape index (κ1) is 18.4. The first-order valence-corrected chi connectivity index (χ1v) is 9.24. The molecule has 1 saturated carbocycles. The largest absolute Gasteiger partial charge is 0.481 e. The van der Waals surface area contributed by atoms with Gasteiger partial charge >= 0.3 is 5.97 Å². The van der Waals surface area contributed by atoms with Crippen molar-refractivity contribution in [1.29, 1.82) is 0 Å². The summed E-state index contributed by atoms with van der Waals surface area (Å²) in [6.45, 7) is 4.43. The molecule has 2 amide bonds. The van der Waals surface area contributed by atoms with E-state index in [1.807, 2.05) is 38.1 Å². The van der Waals surface area contributed by atoms with Gasteiger partial charge < -0.3 is 15.3 Å². The third-order valence-electron chi connectivity index (χ3n) is 5.29. The lowest BCUT2D eigenvalue weighted by atomic mass is 9.80. The Morgan fingerprint density at radius 3 is 2.46 bits per heavy atom. The van der Waals surface area contributed by atoms with Crippen LogP contribution >= 0.6 is 0 Å². The highest BCUT2D eigenvalue weighted by Gasteiger charge is 2.39. The smallest absolute Gasteiger partial charge is 0.306 e. The van der Waals surface area contributed by atoms with Crippen LogP contribution in [0.3, 0.4) is 0 Å². The van der Waals surface area contributed by atoms with E-state index in [0.717, 1.165) is 11.1 Å². The van der Waals surface area contributed by atoms with E-state index in [-0.39, 0.29) is 29.7 Å². The van der Waals surface area contributed by atoms with E-state index >= 15 is 0 Å². The quantitative estimate of drug-likeness (QED) is 0.842. The number of carbonyl (C=O) groups excluding carboxylic acids is 2. The van der Waals surface area contributed by atoms with Crippen LogP contribution < -0.4 is 5.32 Å². The van der Waals surface area contributed by atoms with E-state index in [1.165, 1.54) is 0 Å². The van der Waals surface area contributed by atoms with Crippen molar-refractivity contribution in [3.63, 3.8) is 0 Å². The molecule has 0 saturated heterocycles. The fourth-order valence-electron chi connectivity index (χ4n) is 3.72. The summed E-state index contributed by atoms with van der Waals surface area (Å²) >= 11 is 0. The van der Waals surface area contributed by atoms with Crippen molar-refractivity contribution < 1.29 is 19.5 Å². The predicted octanol–water partition coefficient (Wildman–Crippen LogP) is 1.97. The summed E-state index contributed by atoms with van der Waals surface area (Å²) in [5.74, 6) is -1.13. The minimum atomic E-state index is -0.809. The van der Waals surface area contributed by atoms with Crippen LogP contribution in [0.25, 0.3) is 0 Å². The molecule has 1 heterocycles. The summed E-state index contributed by atoms with van der Waals surface area (Å²) in [5.41, 5.74) is 2.18. The minimum absolute atomic E-state index is 0.00771. The Hall–Kier alpha value is -2.37. The van der Waals surface area contributed by atoms with E-state index in [0.29, 0.717) is 32.2 Å². The molecule has 2 aliphatic rings. The fourth-order valence-corrected chi connectivity index (χ4v) is 3.72. The Morgan fingerprint density at radius 1 is 1.19 bits per heavy atom. The molecule has 1 fully saturated rings. The number of amides is 2. The topological polar surface area (TPSA) is 86.7 Å². The molecule has 1 unspecified atom stereocenters. The molecule has 26 heavy (non-hydrogen) atoms. The highest BCUT2D eigenvalue weighted by atomic mass is 16.4. The maximum atomic E-state index is 12.8. The van der Waals surface area contributed by atoms with Crippen LogP contribution in [0.5, 0.6) is 0 Å². The molecular formula is C20H26N2O4. The summed E-state index contributed by atoms with van der Waals surface area (Å²) in [7, 11) is 0. The number of carboxylic acid groups (broad SMARTS) is 1. The highest BCUT2D eigenvalue weighted by molar-refractivity contribution is 5.89. The Kier molecular flexibility index (Phi) is 5.30. The zero-order chi connectivity index (χ0) is 18.8. The van der Waals surface area contributed by atoms with Gasteiger partial charge in [-0.05, 0) is 29.9 Å². The Bertz CT molecular complexity index is 710. The first-order valence-electron chi connectivity index (χ1n) is 9.24. The lowest BCUT2D eigenvalue weighted by Gasteiger charge is -2.39. The van der Waals surface area contributed by atoms with Crippen LogP contribution in [0.1, 0.15) is 44.2 Å². The zero-order valence-corrected chi connectivity index (χ0v) is 15.3. The number of benzene rings is 1. The second kappa shape index (κ2) is 7.48. The summed E-state index contributed by atoms with van der Waals surface area (Å²) in [4.78, 5) is 38.2. The predicted molar refractivity (Wildman–Crippen MR) is 96.2 cm³/mol. The van der Waals surface area contributed by atoms with Crippen molar-refractivity contribution in [3.8, 4) is 0 Å². The van der Waals surface area contributed by atoms with Crippen LogP contribution in [0, 0.1) is 11.8 Å². The maximum absolute atomic E-state index is 12.8. The highest BCUT2D eigenvalue weighted by Crippen LogP contribution is 2.29. The van der Waals surface area contributed by atoms with E-state index in [2.05, 4.69) is 5.32 Å². The number of carboxylic acids is 1. The van der Waals surface area contributed by atoms with Gasteiger partial charge in [0, 0.05) is 25.4 Å². The van der Waals surface area contributed by atoms with Crippen LogP contribution in [-0.2, 0) is 27.3 Å². The van der Waals surface area contributed by atoms with Gasteiger partial charge in [0.05, 0.1) is 5.92 Å². The van der Waals surface area contributed by atoms with Gasteiger partial charge in [-0.15, -0.1) is 0 Å². The molecule has 1 atom stereocenters. The molecular weight excluding hydrogens is 332 g/mol. The van der Waals surface area contributed by atoms with Crippen molar-refractivity contribution >= 4 is 17.8 Å². The number of hydrogen-bond acceptors (Lipinski definition) is 3. The molecule has 1 aromatic carbocycles. The molecule has 1 aliphatic heterocycles. The Morgan fingerprint density at radius 2 is 1.85 bits per heavy atom. The number of aliphatic carboxylic acids is 1. The lowest BCUT2D eigenvalue weighted by Crippen LogP contribution is -2.56. The molecule has 3 rings (SSSR count). The number of carbonyl (C=O) groups is 3.